The fourth-order valence-electron chi connectivity index (χ4n) is 4.36. The van der Waals surface area contributed by atoms with E-state index >= 15 is 0 Å². The van der Waals surface area contributed by atoms with Crippen molar-refractivity contribution in [2.75, 3.05) is 12.8 Å². The molecule has 150 valence electrons. The van der Waals surface area contributed by atoms with Crippen LogP contribution in [-0.2, 0) is 16.4 Å². The zero-order valence-corrected chi connectivity index (χ0v) is 17.6. The van der Waals surface area contributed by atoms with Crippen molar-refractivity contribution in [2.24, 2.45) is 16.8 Å². The molecule has 0 aromatic heterocycles. The Bertz CT molecular complexity index is 783. The van der Waals surface area contributed by atoms with Crippen LogP contribution in [-0.4, -0.2) is 33.2 Å². The van der Waals surface area contributed by atoms with E-state index < -0.39 is 9.84 Å². The molecule has 3 rings (SSSR count). The first kappa shape index (κ1) is 20.2. The van der Waals surface area contributed by atoms with Gasteiger partial charge in [-0.3, -0.25) is 0 Å². The van der Waals surface area contributed by atoms with Gasteiger partial charge in [0.05, 0.1) is 11.4 Å². The van der Waals surface area contributed by atoms with Crippen LogP contribution in [0.5, 0.6) is 0 Å². The monoisotopic (exact) mass is 391 g/mol. The summed E-state index contributed by atoms with van der Waals surface area (Å²) in [5.74, 6) is 2.57. The molecule has 2 fully saturated rings. The van der Waals surface area contributed by atoms with Gasteiger partial charge >= 0.3 is 0 Å². The molecule has 2 aliphatic rings. The minimum absolute atomic E-state index is 0.397. The van der Waals surface area contributed by atoms with E-state index in [1.807, 2.05) is 19.1 Å². The first-order valence-electron chi connectivity index (χ1n) is 10.2. The maximum absolute atomic E-state index is 11.8. The van der Waals surface area contributed by atoms with Crippen molar-refractivity contribution in [1.82, 2.24) is 10.6 Å². The average Bonchev–Trinajstić information content (AvgIpc) is 3.39. The number of hydrogen-bond acceptors (Lipinski definition) is 3. The molecule has 1 aromatic carbocycles. The highest BCUT2D eigenvalue weighted by atomic mass is 32.2. The van der Waals surface area contributed by atoms with Gasteiger partial charge in [0.25, 0.3) is 0 Å². The number of nitrogens with one attached hydrogen (secondary N) is 2. The molecule has 2 saturated carbocycles. The Morgan fingerprint density at radius 2 is 1.96 bits per heavy atom. The van der Waals surface area contributed by atoms with Gasteiger partial charge in [-0.15, -0.1) is 0 Å². The van der Waals surface area contributed by atoms with Gasteiger partial charge in [-0.05, 0) is 49.3 Å². The molecule has 27 heavy (non-hydrogen) atoms. The maximum Gasteiger partial charge on any atom is 0.191 e. The predicted octanol–water partition coefficient (Wildman–Crippen LogP) is 3.42. The third-order valence-electron chi connectivity index (χ3n) is 5.82. The number of aryl methyl sites for hydroxylation is 1. The van der Waals surface area contributed by atoms with E-state index in [4.69, 9.17) is 4.99 Å². The molecule has 0 spiro atoms. The van der Waals surface area contributed by atoms with E-state index in [2.05, 4.69) is 17.6 Å². The summed E-state index contributed by atoms with van der Waals surface area (Å²) in [5.41, 5.74) is 1.81. The van der Waals surface area contributed by atoms with Crippen molar-refractivity contribution in [3.8, 4) is 0 Å². The Labute approximate surface area is 164 Å². The van der Waals surface area contributed by atoms with Gasteiger partial charge in [-0.2, -0.15) is 0 Å². The first-order valence-corrected chi connectivity index (χ1v) is 12.1. The van der Waals surface area contributed by atoms with E-state index in [0.29, 0.717) is 17.5 Å². The molecule has 2 atom stereocenters. The summed E-state index contributed by atoms with van der Waals surface area (Å²) in [6, 6.07) is 6.03. The van der Waals surface area contributed by atoms with E-state index in [-0.39, 0.29) is 0 Å². The normalized spacial score (nSPS) is 23.9. The van der Waals surface area contributed by atoms with E-state index in [9.17, 15) is 8.42 Å². The number of hydrogen-bond donors (Lipinski definition) is 2. The topological polar surface area (TPSA) is 70.6 Å². The summed E-state index contributed by atoms with van der Waals surface area (Å²) in [7, 11) is -3.18. The lowest BCUT2D eigenvalue weighted by atomic mass is 9.85. The number of rotatable bonds is 6. The minimum Gasteiger partial charge on any atom is -0.357 e. The summed E-state index contributed by atoms with van der Waals surface area (Å²) >= 11 is 0. The van der Waals surface area contributed by atoms with Crippen molar-refractivity contribution in [3.63, 3.8) is 0 Å². The molecule has 6 heteroatoms. The van der Waals surface area contributed by atoms with Crippen molar-refractivity contribution in [3.05, 3.63) is 29.3 Å². The summed E-state index contributed by atoms with van der Waals surface area (Å²) < 4.78 is 23.5. The van der Waals surface area contributed by atoms with Crippen molar-refractivity contribution in [1.29, 1.82) is 0 Å². The molecular weight excluding hydrogens is 358 g/mol. The minimum atomic E-state index is -3.18. The van der Waals surface area contributed by atoms with Gasteiger partial charge in [0.1, 0.15) is 0 Å². The lowest BCUT2D eigenvalue weighted by Crippen LogP contribution is -2.39. The van der Waals surface area contributed by atoms with Crippen molar-refractivity contribution in [2.45, 2.75) is 69.9 Å². The third-order valence-corrected chi connectivity index (χ3v) is 7.08. The zero-order chi connectivity index (χ0) is 19.4. The van der Waals surface area contributed by atoms with E-state index in [1.165, 1.54) is 44.8 Å². The number of nitrogens with zero attached hydrogens (tertiary/aromatic N) is 1. The largest absolute Gasteiger partial charge is 0.357 e. The van der Waals surface area contributed by atoms with Crippen molar-refractivity contribution < 1.29 is 8.42 Å². The van der Waals surface area contributed by atoms with Gasteiger partial charge in [0.15, 0.2) is 15.8 Å². The van der Waals surface area contributed by atoms with Crippen LogP contribution in [0.4, 0.5) is 0 Å². The highest BCUT2D eigenvalue weighted by Crippen LogP contribution is 2.44. The summed E-state index contributed by atoms with van der Waals surface area (Å²) in [4.78, 5) is 5.12. The number of aliphatic imine (C=N–C) groups is 1. The maximum atomic E-state index is 11.8. The Kier molecular flexibility index (Phi) is 6.45. The fourth-order valence-corrected chi connectivity index (χ4v) is 5.31. The fraction of sp³-hybridized carbons (Fsp3) is 0.667. The Morgan fingerprint density at radius 3 is 2.59 bits per heavy atom. The molecule has 2 unspecified atom stereocenters. The lowest BCUT2D eigenvalue weighted by molar-refractivity contribution is 0.315. The Hall–Kier alpha value is -1.56. The highest BCUT2D eigenvalue weighted by molar-refractivity contribution is 7.90. The van der Waals surface area contributed by atoms with Gasteiger partial charge in [-0.1, -0.05) is 44.2 Å². The van der Waals surface area contributed by atoms with Gasteiger partial charge in [0.2, 0.25) is 0 Å². The van der Waals surface area contributed by atoms with Gasteiger partial charge in [0, 0.05) is 18.8 Å². The second-order valence-electron chi connectivity index (χ2n) is 8.12. The second-order valence-corrected chi connectivity index (χ2v) is 10.1. The summed E-state index contributed by atoms with van der Waals surface area (Å²) in [5, 5.41) is 6.94. The van der Waals surface area contributed by atoms with Crippen LogP contribution in [0.3, 0.4) is 0 Å². The van der Waals surface area contributed by atoms with Gasteiger partial charge in [-0.25, -0.2) is 13.4 Å². The van der Waals surface area contributed by atoms with Crippen LogP contribution >= 0.6 is 0 Å². The SMILES string of the molecule is CCNC(=NCc1ccc(S(C)(=O)=O)c(C)c1)NC1CC1C1CCCCC1. The summed E-state index contributed by atoms with van der Waals surface area (Å²) in [6.45, 7) is 5.29. The van der Waals surface area contributed by atoms with Crippen LogP contribution in [0, 0.1) is 18.8 Å². The molecular formula is C21H33N3O2S. The van der Waals surface area contributed by atoms with Crippen LogP contribution in [0.1, 0.15) is 56.6 Å². The third kappa shape index (κ3) is 5.47. The molecule has 0 bridgehead atoms. The predicted molar refractivity (Wildman–Crippen MR) is 111 cm³/mol. The molecule has 0 aliphatic heterocycles. The Balaban J connectivity index is 1.60. The molecule has 0 amide bonds. The van der Waals surface area contributed by atoms with Crippen LogP contribution in [0.2, 0.25) is 0 Å². The first-order chi connectivity index (χ1) is 12.9. The Morgan fingerprint density at radius 1 is 1.22 bits per heavy atom. The quantitative estimate of drug-likeness (QED) is 0.576. The number of benzene rings is 1. The van der Waals surface area contributed by atoms with Gasteiger partial charge < -0.3 is 10.6 Å². The molecule has 0 radical (unpaired) electrons. The standard InChI is InChI=1S/C21H33N3O2S/c1-4-22-21(24-19-13-18(19)17-8-6-5-7-9-17)23-14-16-10-11-20(15(2)12-16)27(3,25)26/h10-12,17-19H,4-9,13-14H2,1-3H3,(H2,22,23,24). The van der Waals surface area contributed by atoms with Crippen LogP contribution in [0.25, 0.3) is 0 Å². The number of sulfone groups is 1. The smallest absolute Gasteiger partial charge is 0.191 e. The molecule has 0 heterocycles. The van der Waals surface area contributed by atoms with Crippen molar-refractivity contribution >= 4 is 15.8 Å². The van der Waals surface area contributed by atoms with E-state index in [0.717, 1.165) is 35.5 Å². The van der Waals surface area contributed by atoms with Crippen LogP contribution < -0.4 is 10.6 Å². The van der Waals surface area contributed by atoms with Crippen LogP contribution in [0.15, 0.2) is 28.1 Å². The van der Waals surface area contributed by atoms with E-state index in [1.54, 1.807) is 6.07 Å². The molecule has 2 N–H and O–H groups in total. The summed E-state index contributed by atoms with van der Waals surface area (Å²) in [6.07, 6.45) is 9.49. The molecule has 5 nitrogen and oxygen atoms in total. The average molecular weight is 392 g/mol. The highest BCUT2D eigenvalue weighted by Gasteiger charge is 2.43. The molecule has 0 saturated heterocycles. The second kappa shape index (κ2) is 8.63. The number of guanidine groups is 1. The lowest BCUT2D eigenvalue weighted by Gasteiger charge is -2.22. The molecule has 2 aliphatic carbocycles. The zero-order valence-electron chi connectivity index (χ0n) is 16.8. The molecule has 1 aromatic rings.